The minimum atomic E-state index is 0.377. The van der Waals surface area contributed by atoms with Crippen LogP contribution >= 0.6 is 0 Å². The fourth-order valence-corrected chi connectivity index (χ4v) is 5.55. The first-order chi connectivity index (χ1) is 9.29. The first-order valence-corrected chi connectivity index (χ1v) is 8.02. The topological polar surface area (TPSA) is 43.8 Å². The van der Waals surface area contributed by atoms with Gasteiger partial charge in [0.05, 0.1) is 5.54 Å². The van der Waals surface area contributed by atoms with Crippen molar-refractivity contribution in [1.82, 2.24) is 9.78 Å². The molecular weight excluding hydrogens is 234 g/mol. The molecule has 0 radical (unpaired) electrons. The van der Waals surface area contributed by atoms with Crippen LogP contribution < -0.4 is 5.73 Å². The van der Waals surface area contributed by atoms with E-state index in [1.165, 1.54) is 44.2 Å². The summed E-state index contributed by atoms with van der Waals surface area (Å²) in [5.41, 5.74) is 7.47. The number of aromatic nitrogens is 2. The van der Waals surface area contributed by atoms with Crippen LogP contribution in [0.1, 0.15) is 50.6 Å². The number of nitrogens with zero attached hydrogens (tertiary/aromatic N) is 2. The van der Waals surface area contributed by atoms with Crippen LogP contribution in [0, 0.1) is 17.8 Å². The van der Waals surface area contributed by atoms with Gasteiger partial charge >= 0.3 is 0 Å². The molecule has 1 aromatic rings. The molecule has 0 aliphatic heterocycles. The molecule has 0 unspecified atom stereocenters. The third kappa shape index (κ3) is 1.85. The first kappa shape index (κ1) is 12.0. The quantitative estimate of drug-likeness (QED) is 0.903. The lowest BCUT2D eigenvalue weighted by Crippen LogP contribution is -2.52. The van der Waals surface area contributed by atoms with Crippen molar-refractivity contribution in [2.24, 2.45) is 23.5 Å². The van der Waals surface area contributed by atoms with Crippen LogP contribution in [0.4, 0.5) is 0 Å². The smallest absolute Gasteiger partial charge is 0.0638 e. The zero-order chi connectivity index (χ0) is 12.9. The van der Waals surface area contributed by atoms with E-state index in [9.17, 15) is 0 Å². The van der Waals surface area contributed by atoms with Crippen LogP contribution in [0.5, 0.6) is 0 Å². The van der Waals surface area contributed by atoms with E-state index in [1.54, 1.807) is 0 Å². The Kier molecular flexibility index (Phi) is 2.73. The molecule has 104 valence electrons. The number of nitrogens with two attached hydrogens (primary N) is 1. The fourth-order valence-electron chi connectivity index (χ4n) is 5.55. The molecule has 4 bridgehead atoms. The van der Waals surface area contributed by atoms with Crippen molar-refractivity contribution in [2.75, 3.05) is 6.54 Å². The van der Waals surface area contributed by atoms with Gasteiger partial charge in [0.15, 0.2) is 0 Å². The highest BCUT2D eigenvalue weighted by atomic mass is 15.3. The van der Waals surface area contributed by atoms with Crippen LogP contribution in [0.15, 0.2) is 12.3 Å². The Morgan fingerprint density at radius 1 is 1.16 bits per heavy atom. The molecule has 0 aromatic carbocycles. The molecule has 1 heterocycles. The highest BCUT2D eigenvalue weighted by Crippen LogP contribution is 2.58. The minimum Gasteiger partial charge on any atom is -0.330 e. The Morgan fingerprint density at radius 2 is 1.79 bits per heavy atom. The van der Waals surface area contributed by atoms with E-state index in [2.05, 4.69) is 10.7 Å². The maximum atomic E-state index is 5.67. The van der Waals surface area contributed by atoms with Crippen LogP contribution in [-0.4, -0.2) is 16.3 Å². The predicted molar refractivity (Wildman–Crippen MR) is 75.7 cm³/mol. The second kappa shape index (κ2) is 4.34. The second-order valence-electron chi connectivity index (χ2n) is 7.27. The molecule has 4 fully saturated rings. The lowest BCUT2D eigenvalue weighted by Gasteiger charge is -2.57. The zero-order valence-corrected chi connectivity index (χ0v) is 11.7. The Morgan fingerprint density at radius 3 is 2.37 bits per heavy atom. The highest BCUT2D eigenvalue weighted by Gasteiger charge is 2.52. The Hall–Kier alpha value is -0.830. The van der Waals surface area contributed by atoms with Gasteiger partial charge in [0.2, 0.25) is 0 Å². The standard InChI is InChI=1S/C16H25N3/c17-4-1-2-15-3-5-18-19(15)16-9-12-6-13(10-16)8-14(7-12)11-16/h3,5,12-14H,1-2,4,6-11,17H2. The fraction of sp³-hybridized carbons (Fsp3) is 0.812. The summed E-state index contributed by atoms with van der Waals surface area (Å²) >= 11 is 0. The maximum absolute atomic E-state index is 5.67. The molecule has 4 aliphatic carbocycles. The minimum absolute atomic E-state index is 0.377. The predicted octanol–water partition coefficient (Wildman–Crippen LogP) is 2.70. The van der Waals surface area contributed by atoms with Crippen molar-refractivity contribution in [1.29, 1.82) is 0 Å². The molecule has 0 amide bonds. The largest absolute Gasteiger partial charge is 0.330 e. The van der Waals surface area contributed by atoms with Gasteiger partial charge in [0, 0.05) is 11.9 Å². The van der Waals surface area contributed by atoms with Gasteiger partial charge in [-0.15, -0.1) is 0 Å². The zero-order valence-electron chi connectivity index (χ0n) is 11.7. The average Bonchev–Trinajstić information content (AvgIpc) is 2.83. The van der Waals surface area contributed by atoms with Crippen LogP contribution in [0.3, 0.4) is 0 Å². The lowest BCUT2D eigenvalue weighted by molar-refractivity contribution is -0.0507. The van der Waals surface area contributed by atoms with E-state index in [0.29, 0.717) is 5.54 Å². The summed E-state index contributed by atoms with van der Waals surface area (Å²) in [6.07, 6.45) is 12.8. The molecule has 4 saturated carbocycles. The van der Waals surface area contributed by atoms with Crippen molar-refractivity contribution in [3.63, 3.8) is 0 Å². The number of hydrogen-bond donors (Lipinski definition) is 1. The molecule has 3 heteroatoms. The van der Waals surface area contributed by atoms with E-state index in [0.717, 1.165) is 37.1 Å². The molecule has 19 heavy (non-hydrogen) atoms. The molecular formula is C16H25N3. The van der Waals surface area contributed by atoms with E-state index in [4.69, 9.17) is 10.8 Å². The Balaban J connectivity index is 1.66. The molecule has 0 saturated heterocycles. The van der Waals surface area contributed by atoms with E-state index in [1.807, 2.05) is 6.20 Å². The van der Waals surface area contributed by atoms with Gasteiger partial charge in [-0.3, -0.25) is 4.68 Å². The van der Waals surface area contributed by atoms with E-state index < -0.39 is 0 Å². The summed E-state index contributed by atoms with van der Waals surface area (Å²) in [5.74, 6) is 2.95. The lowest BCUT2D eigenvalue weighted by atomic mass is 9.53. The number of rotatable bonds is 4. The summed E-state index contributed by atoms with van der Waals surface area (Å²) in [7, 11) is 0. The van der Waals surface area contributed by atoms with Crippen molar-refractivity contribution < 1.29 is 0 Å². The van der Waals surface area contributed by atoms with Crippen molar-refractivity contribution in [2.45, 2.75) is 56.9 Å². The summed E-state index contributed by atoms with van der Waals surface area (Å²) in [4.78, 5) is 0. The second-order valence-corrected chi connectivity index (χ2v) is 7.27. The normalized spacial score (nSPS) is 39.9. The third-order valence-electron chi connectivity index (χ3n) is 5.81. The molecule has 5 rings (SSSR count). The summed E-state index contributed by atoms with van der Waals surface area (Å²) in [5, 5.41) is 4.73. The maximum Gasteiger partial charge on any atom is 0.0638 e. The SMILES string of the molecule is NCCCc1ccnn1C12CC3CC(CC(C3)C1)C2. The van der Waals surface area contributed by atoms with E-state index in [-0.39, 0.29) is 0 Å². The summed E-state index contributed by atoms with van der Waals surface area (Å²) in [6, 6.07) is 2.22. The van der Waals surface area contributed by atoms with Crippen molar-refractivity contribution >= 4 is 0 Å². The van der Waals surface area contributed by atoms with Gasteiger partial charge in [-0.1, -0.05) is 0 Å². The summed E-state index contributed by atoms with van der Waals surface area (Å²) < 4.78 is 2.42. The molecule has 3 nitrogen and oxygen atoms in total. The van der Waals surface area contributed by atoms with Crippen LogP contribution in [-0.2, 0) is 12.0 Å². The van der Waals surface area contributed by atoms with Gasteiger partial charge < -0.3 is 5.73 Å². The van der Waals surface area contributed by atoms with Gasteiger partial charge in [0.1, 0.15) is 0 Å². The van der Waals surface area contributed by atoms with Gasteiger partial charge in [-0.2, -0.15) is 5.10 Å². The van der Waals surface area contributed by atoms with Gasteiger partial charge in [-0.05, 0) is 81.7 Å². The molecule has 1 aromatic heterocycles. The number of aryl methyl sites for hydroxylation is 1. The average molecular weight is 259 g/mol. The van der Waals surface area contributed by atoms with Gasteiger partial charge in [0.25, 0.3) is 0 Å². The van der Waals surface area contributed by atoms with E-state index >= 15 is 0 Å². The van der Waals surface area contributed by atoms with Crippen LogP contribution in [0.2, 0.25) is 0 Å². The molecule has 0 spiro atoms. The molecule has 4 aliphatic rings. The third-order valence-corrected chi connectivity index (χ3v) is 5.81. The molecule has 2 N–H and O–H groups in total. The summed E-state index contributed by atoms with van der Waals surface area (Å²) in [6.45, 7) is 0.784. The number of hydrogen-bond acceptors (Lipinski definition) is 2. The van der Waals surface area contributed by atoms with Gasteiger partial charge in [-0.25, -0.2) is 0 Å². The Bertz CT molecular complexity index is 427. The van der Waals surface area contributed by atoms with Crippen molar-refractivity contribution in [3.05, 3.63) is 18.0 Å². The monoisotopic (exact) mass is 259 g/mol. The van der Waals surface area contributed by atoms with Crippen molar-refractivity contribution in [3.8, 4) is 0 Å². The highest BCUT2D eigenvalue weighted by molar-refractivity contribution is 5.11. The molecule has 0 atom stereocenters. The first-order valence-electron chi connectivity index (χ1n) is 8.02. The van der Waals surface area contributed by atoms with Crippen LogP contribution in [0.25, 0.3) is 0 Å². The Labute approximate surface area is 115 Å².